The van der Waals surface area contributed by atoms with Gasteiger partial charge >= 0.3 is 0 Å². The molecule has 0 saturated carbocycles. The highest BCUT2D eigenvalue weighted by atomic mass is 35.5. The molecule has 1 saturated heterocycles. The maximum Gasteiger partial charge on any atom is 0.260 e. The fraction of sp³-hybridized carbons (Fsp3) is 0.292. The minimum atomic E-state index is -0.532. The highest BCUT2D eigenvalue weighted by Gasteiger charge is 2.21. The van der Waals surface area contributed by atoms with E-state index in [0.29, 0.717) is 52.0 Å². The maximum absolute atomic E-state index is 13.7. The predicted octanol–water partition coefficient (Wildman–Crippen LogP) is 3.68. The van der Waals surface area contributed by atoms with Crippen LogP contribution in [0.3, 0.4) is 0 Å². The third-order valence-electron chi connectivity index (χ3n) is 5.59. The van der Waals surface area contributed by atoms with Crippen molar-refractivity contribution in [3.05, 3.63) is 63.9 Å². The molecule has 0 aliphatic carbocycles. The van der Waals surface area contributed by atoms with Crippen molar-refractivity contribution in [1.29, 1.82) is 0 Å². The van der Waals surface area contributed by atoms with E-state index in [4.69, 9.17) is 21.1 Å². The third-order valence-corrected chi connectivity index (χ3v) is 5.90. The van der Waals surface area contributed by atoms with E-state index in [1.807, 2.05) is 19.1 Å². The van der Waals surface area contributed by atoms with Gasteiger partial charge in [0.05, 0.1) is 37.3 Å². The maximum atomic E-state index is 13.7. The van der Waals surface area contributed by atoms with Crippen molar-refractivity contribution >= 4 is 28.6 Å². The summed E-state index contributed by atoms with van der Waals surface area (Å²) in [6, 6.07) is 7.27. The van der Waals surface area contributed by atoms with Gasteiger partial charge < -0.3 is 14.8 Å². The largest absolute Gasteiger partial charge is 0.357 e. The number of hydrogen-bond acceptors (Lipinski definition) is 8. The molecule has 1 N–H and O–H groups in total. The fourth-order valence-electron chi connectivity index (χ4n) is 3.93. The average Bonchev–Trinajstić information content (AvgIpc) is 2.86. The molecule has 4 heterocycles. The summed E-state index contributed by atoms with van der Waals surface area (Å²) in [5.41, 5.74) is 3.64. The normalized spacial score (nSPS) is 14.4. The van der Waals surface area contributed by atoms with Crippen molar-refractivity contribution in [2.24, 2.45) is 0 Å². The number of hydrogen-bond donors (Lipinski definition) is 1. The molecule has 34 heavy (non-hydrogen) atoms. The second kappa shape index (κ2) is 9.46. The Morgan fingerprint density at radius 1 is 1.12 bits per heavy atom. The van der Waals surface area contributed by atoms with Crippen LogP contribution in [0.1, 0.15) is 12.1 Å². The number of aromatic nitrogens is 5. The number of fused-ring (bicyclic) bond motifs is 1. The lowest BCUT2D eigenvalue weighted by molar-refractivity contribution is -0.184. The van der Waals surface area contributed by atoms with Crippen LogP contribution in [0, 0.1) is 6.92 Å². The summed E-state index contributed by atoms with van der Waals surface area (Å²) in [6.07, 6.45) is 5.35. The van der Waals surface area contributed by atoms with E-state index in [-0.39, 0.29) is 12.1 Å². The molecule has 9 nitrogen and oxygen atoms in total. The molecule has 1 aromatic carbocycles. The Labute approximate surface area is 200 Å². The second-order valence-corrected chi connectivity index (χ2v) is 8.37. The van der Waals surface area contributed by atoms with Gasteiger partial charge in [0.2, 0.25) is 5.95 Å². The molecule has 3 aromatic heterocycles. The van der Waals surface area contributed by atoms with Gasteiger partial charge in [-0.25, -0.2) is 9.97 Å². The Balaban J connectivity index is 1.63. The highest BCUT2D eigenvalue weighted by Crippen LogP contribution is 2.31. The average molecular weight is 479 g/mol. The molecule has 0 atom stereocenters. The summed E-state index contributed by atoms with van der Waals surface area (Å²) in [7, 11) is 1.73. The Bertz CT molecular complexity index is 1420. The van der Waals surface area contributed by atoms with E-state index in [9.17, 15) is 4.79 Å². The summed E-state index contributed by atoms with van der Waals surface area (Å²) < 4.78 is 13.0. The number of nitrogens with one attached hydrogen (secondary N) is 1. The quantitative estimate of drug-likeness (QED) is 0.463. The molecule has 1 aliphatic rings. The minimum Gasteiger partial charge on any atom is -0.357 e. The van der Waals surface area contributed by atoms with E-state index in [0.717, 1.165) is 17.7 Å². The number of ether oxygens (including phenoxy) is 2. The van der Waals surface area contributed by atoms with Crippen molar-refractivity contribution in [3.8, 4) is 22.4 Å². The zero-order valence-corrected chi connectivity index (χ0v) is 19.5. The third kappa shape index (κ3) is 4.37. The molecule has 10 heteroatoms. The summed E-state index contributed by atoms with van der Waals surface area (Å²) in [5, 5.41) is 4.05. The van der Waals surface area contributed by atoms with Gasteiger partial charge in [-0.15, -0.1) is 0 Å². The van der Waals surface area contributed by atoms with Gasteiger partial charge in [-0.2, -0.15) is 4.98 Å². The summed E-state index contributed by atoms with van der Waals surface area (Å²) >= 11 is 6.68. The first kappa shape index (κ1) is 22.4. The molecule has 0 unspecified atom stereocenters. The summed E-state index contributed by atoms with van der Waals surface area (Å²) in [4.78, 5) is 31.2. The first-order valence-electron chi connectivity index (χ1n) is 10.9. The summed E-state index contributed by atoms with van der Waals surface area (Å²) in [6.45, 7) is 3.26. The summed E-state index contributed by atoms with van der Waals surface area (Å²) in [5.74, 6) is 0.417. The second-order valence-electron chi connectivity index (χ2n) is 7.96. The molecule has 0 amide bonds. The van der Waals surface area contributed by atoms with E-state index in [1.54, 1.807) is 42.3 Å². The number of rotatable bonds is 5. The molecule has 0 bridgehead atoms. The van der Waals surface area contributed by atoms with Gasteiger partial charge in [-0.3, -0.25) is 14.3 Å². The van der Waals surface area contributed by atoms with Crippen LogP contribution in [0.5, 0.6) is 0 Å². The van der Waals surface area contributed by atoms with E-state index >= 15 is 0 Å². The fourth-order valence-corrected chi connectivity index (χ4v) is 4.21. The Morgan fingerprint density at radius 3 is 2.68 bits per heavy atom. The smallest absolute Gasteiger partial charge is 0.260 e. The van der Waals surface area contributed by atoms with Crippen molar-refractivity contribution in [3.63, 3.8) is 0 Å². The van der Waals surface area contributed by atoms with Gasteiger partial charge in [0.1, 0.15) is 5.65 Å². The molecule has 5 rings (SSSR count). The van der Waals surface area contributed by atoms with Gasteiger partial charge in [0, 0.05) is 46.5 Å². The van der Waals surface area contributed by atoms with E-state index in [1.165, 1.54) is 0 Å². The Hall–Kier alpha value is -3.40. The Kier molecular flexibility index (Phi) is 6.23. The Morgan fingerprint density at radius 2 is 1.94 bits per heavy atom. The number of anilines is 1. The van der Waals surface area contributed by atoms with Crippen molar-refractivity contribution in [1.82, 2.24) is 24.5 Å². The minimum absolute atomic E-state index is 0.206. The van der Waals surface area contributed by atoms with Crippen LogP contribution in [-0.2, 0) is 16.0 Å². The first-order chi connectivity index (χ1) is 16.5. The van der Waals surface area contributed by atoms with Crippen LogP contribution in [0.4, 0.5) is 5.95 Å². The molecule has 0 radical (unpaired) electrons. The van der Waals surface area contributed by atoms with Crippen LogP contribution >= 0.6 is 11.6 Å². The SMILES string of the molecule is CNc1ncc2cc(-c3ccc(-c4cncc(C)n4)cc3Cl)c(=O)n(CC3OCCCO3)c2n1. The lowest BCUT2D eigenvalue weighted by atomic mass is 10.0. The predicted molar refractivity (Wildman–Crippen MR) is 130 cm³/mol. The molecule has 0 spiro atoms. The van der Waals surface area contributed by atoms with Gasteiger partial charge in [0.25, 0.3) is 5.56 Å². The van der Waals surface area contributed by atoms with Crippen LogP contribution in [0.15, 0.2) is 47.7 Å². The van der Waals surface area contributed by atoms with Crippen LogP contribution < -0.4 is 10.9 Å². The van der Waals surface area contributed by atoms with Gasteiger partial charge in [-0.05, 0) is 25.5 Å². The number of aryl methyl sites for hydroxylation is 1. The van der Waals surface area contributed by atoms with E-state index < -0.39 is 6.29 Å². The standard InChI is InChI=1S/C24H23ClN6O3/c1-14-10-27-12-20(29-14)15-4-5-17(19(25)9-15)18-8-16-11-28-24(26-2)30-22(16)31(23(18)32)13-21-33-6-3-7-34-21/h4-5,8-12,21H,3,6-7,13H2,1-2H3,(H,26,28,30). The monoisotopic (exact) mass is 478 g/mol. The van der Waals surface area contributed by atoms with Crippen molar-refractivity contribution in [2.45, 2.75) is 26.2 Å². The number of nitrogens with zero attached hydrogens (tertiary/aromatic N) is 5. The molecule has 174 valence electrons. The lowest BCUT2D eigenvalue weighted by Crippen LogP contribution is -2.34. The van der Waals surface area contributed by atoms with Crippen LogP contribution in [0.25, 0.3) is 33.4 Å². The molecular weight excluding hydrogens is 456 g/mol. The molecule has 1 fully saturated rings. The number of pyridine rings is 1. The van der Waals surface area contributed by atoms with Gasteiger partial charge in [-0.1, -0.05) is 23.7 Å². The molecule has 4 aromatic rings. The number of benzene rings is 1. The lowest BCUT2D eigenvalue weighted by Gasteiger charge is -2.24. The van der Waals surface area contributed by atoms with Crippen molar-refractivity contribution in [2.75, 3.05) is 25.6 Å². The molecule has 1 aliphatic heterocycles. The first-order valence-corrected chi connectivity index (χ1v) is 11.3. The zero-order valence-electron chi connectivity index (χ0n) is 18.8. The van der Waals surface area contributed by atoms with Gasteiger partial charge in [0.15, 0.2) is 6.29 Å². The number of halogens is 1. The van der Waals surface area contributed by atoms with Crippen LogP contribution in [0.2, 0.25) is 5.02 Å². The molecular formula is C24H23ClN6O3. The van der Waals surface area contributed by atoms with Crippen LogP contribution in [-0.4, -0.2) is 51.1 Å². The van der Waals surface area contributed by atoms with E-state index in [2.05, 4.69) is 25.3 Å². The topological polar surface area (TPSA) is 104 Å². The zero-order chi connectivity index (χ0) is 23.7. The highest BCUT2D eigenvalue weighted by molar-refractivity contribution is 6.33. The van der Waals surface area contributed by atoms with Crippen molar-refractivity contribution < 1.29 is 9.47 Å².